The standard InChI is InChI=1S/C17H16Cl2N6O3/c1-9-15(21-17(26)16-14(25(27)28)7-20-23(16)3)10(2)24(22-9)8-11-12(18)5-4-6-13(11)19/h4-7H,8H2,1-3H3,(H,21,26). The number of benzene rings is 1. The van der Waals surface area contributed by atoms with Crippen LogP contribution in [0.25, 0.3) is 0 Å². The first-order chi connectivity index (χ1) is 13.2. The molecule has 0 spiro atoms. The topological polar surface area (TPSA) is 108 Å². The fraction of sp³-hybridized carbons (Fsp3) is 0.235. The van der Waals surface area contributed by atoms with Crippen LogP contribution in [0.2, 0.25) is 10.0 Å². The van der Waals surface area contributed by atoms with E-state index in [4.69, 9.17) is 23.2 Å². The molecule has 0 unspecified atom stereocenters. The second-order valence-corrected chi connectivity index (χ2v) is 6.93. The van der Waals surface area contributed by atoms with Gasteiger partial charge in [-0.15, -0.1) is 0 Å². The molecule has 0 aliphatic carbocycles. The number of anilines is 1. The van der Waals surface area contributed by atoms with Gasteiger partial charge in [0.15, 0.2) is 0 Å². The summed E-state index contributed by atoms with van der Waals surface area (Å²) >= 11 is 12.5. The van der Waals surface area contributed by atoms with Crippen LogP contribution < -0.4 is 5.32 Å². The molecule has 0 saturated carbocycles. The largest absolute Gasteiger partial charge is 0.320 e. The highest BCUT2D eigenvalue weighted by atomic mass is 35.5. The maximum Gasteiger partial charge on any atom is 0.320 e. The average molecular weight is 423 g/mol. The predicted octanol–water partition coefficient (Wildman–Crippen LogP) is 3.75. The second kappa shape index (κ2) is 7.61. The molecule has 9 nitrogen and oxygen atoms in total. The van der Waals surface area contributed by atoms with Crippen LogP contribution in [0, 0.1) is 24.0 Å². The van der Waals surface area contributed by atoms with Crippen LogP contribution in [0.4, 0.5) is 11.4 Å². The minimum atomic E-state index is -0.648. The summed E-state index contributed by atoms with van der Waals surface area (Å²) in [5, 5.41) is 23.1. The van der Waals surface area contributed by atoms with Gasteiger partial charge in [-0.2, -0.15) is 10.2 Å². The summed E-state index contributed by atoms with van der Waals surface area (Å²) in [6.07, 6.45) is 1.04. The number of nitro groups is 1. The number of hydrogen-bond donors (Lipinski definition) is 1. The van der Waals surface area contributed by atoms with Gasteiger partial charge in [0.25, 0.3) is 5.91 Å². The van der Waals surface area contributed by atoms with Crippen molar-refractivity contribution in [2.24, 2.45) is 7.05 Å². The molecule has 0 fully saturated rings. The van der Waals surface area contributed by atoms with Crippen LogP contribution in [0.3, 0.4) is 0 Å². The van der Waals surface area contributed by atoms with Crippen LogP contribution in [0.5, 0.6) is 0 Å². The van der Waals surface area contributed by atoms with E-state index < -0.39 is 10.8 Å². The van der Waals surface area contributed by atoms with E-state index in [1.165, 1.54) is 7.05 Å². The van der Waals surface area contributed by atoms with Crippen molar-refractivity contribution in [3.63, 3.8) is 0 Å². The SMILES string of the molecule is Cc1nn(Cc2c(Cl)cccc2Cl)c(C)c1NC(=O)c1c([N+](=O)[O-])cnn1C. The predicted molar refractivity (Wildman–Crippen MR) is 105 cm³/mol. The molecule has 1 amide bonds. The fourth-order valence-corrected chi connectivity index (χ4v) is 3.38. The van der Waals surface area contributed by atoms with E-state index in [0.717, 1.165) is 10.9 Å². The Labute approximate surface area is 170 Å². The lowest BCUT2D eigenvalue weighted by atomic mass is 10.2. The molecule has 0 atom stereocenters. The van der Waals surface area contributed by atoms with Crippen molar-refractivity contribution in [3.8, 4) is 0 Å². The Morgan fingerprint density at radius 2 is 1.93 bits per heavy atom. The number of carbonyl (C=O) groups is 1. The van der Waals surface area contributed by atoms with Crippen molar-refractivity contribution >= 4 is 40.5 Å². The zero-order valence-corrected chi connectivity index (χ0v) is 16.7. The summed E-state index contributed by atoms with van der Waals surface area (Å²) in [6, 6.07) is 5.22. The number of hydrogen-bond acceptors (Lipinski definition) is 5. The number of amides is 1. The number of rotatable bonds is 5. The monoisotopic (exact) mass is 422 g/mol. The Kier molecular flexibility index (Phi) is 5.39. The van der Waals surface area contributed by atoms with Crippen LogP contribution in [-0.2, 0) is 13.6 Å². The van der Waals surface area contributed by atoms with Gasteiger partial charge < -0.3 is 5.32 Å². The van der Waals surface area contributed by atoms with Crippen LogP contribution in [0.1, 0.15) is 27.4 Å². The molecule has 28 heavy (non-hydrogen) atoms. The molecule has 0 bridgehead atoms. The van der Waals surface area contributed by atoms with Crippen LogP contribution >= 0.6 is 23.2 Å². The molecule has 1 aromatic carbocycles. The van der Waals surface area contributed by atoms with Gasteiger partial charge >= 0.3 is 5.69 Å². The number of aromatic nitrogens is 4. The Balaban J connectivity index is 1.92. The highest BCUT2D eigenvalue weighted by Crippen LogP contribution is 2.28. The molecule has 1 N–H and O–H groups in total. The molecule has 0 saturated heterocycles. The Morgan fingerprint density at radius 1 is 1.29 bits per heavy atom. The van der Waals surface area contributed by atoms with Crippen molar-refractivity contribution < 1.29 is 9.72 Å². The van der Waals surface area contributed by atoms with Gasteiger partial charge in [0.2, 0.25) is 5.69 Å². The van der Waals surface area contributed by atoms with E-state index in [0.29, 0.717) is 39.2 Å². The Hall–Kier alpha value is -2.91. The number of nitrogens with zero attached hydrogens (tertiary/aromatic N) is 5. The summed E-state index contributed by atoms with van der Waals surface area (Å²) in [5.41, 5.74) is 1.86. The normalized spacial score (nSPS) is 10.9. The summed E-state index contributed by atoms with van der Waals surface area (Å²) in [4.78, 5) is 23.1. The Bertz CT molecular complexity index is 1070. The number of nitrogens with one attached hydrogen (secondary N) is 1. The third-order valence-electron chi connectivity index (χ3n) is 4.32. The van der Waals surface area contributed by atoms with Crippen molar-refractivity contribution in [1.29, 1.82) is 0 Å². The summed E-state index contributed by atoms with van der Waals surface area (Å²) < 4.78 is 2.82. The number of halogens is 2. The van der Waals surface area contributed by atoms with Crippen molar-refractivity contribution in [2.45, 2.75) is 20.4 Å². The molecule has 0 aliphatic heterocycles. The molecule has 146 valence electrons. The van der Waals surface area contributed by atoms with Gasteiger partial charge in [0.1, 0.15) is 6.20 Å². The average Bonchev–Trinajstić information content (AvgIpc) is 3.13. The lowest BCUT2D eigenvalue weighted by molar-refractivity contribution is -0.385. The zero-order valence-electron chi connectivity index (χ0n) is 15.2. The minimum Gasteiger partial charge on any atom is -0.317 e. The smallest absolute Gasteiger partial charge is 0.317 e. The first kappa shape index (κ1) is 19.8. The molecule has 3 rings (SSSR count). The lowest BCUT2D eigenvalue weighted by Gasteiger charge is -2.10. The summed E-state index contributed by atoms with van der Waals surface area (Å²) in [6.45, 7) is 3.82. The van der Waals surface area contributed by atoms with E-state index in [9.17, 15) is 14.9 Å². The number of carbonyl (C=O) groups excluding carboxylic acids is 1. The number of aryl methyl sites for hydroxylation is 2. The molecular weight excluding hydrogens is 407 g/mol. The van der Waals surface area contributed by atoms with Gasteiger partial charge in [-0.25, -0.2) is 0 Å². The first-order valence-corrected chi connectivity index (χ1v) is 8.91. The van der Waals surface area contributed by atoms with E-state index in [2.05, 4.69) is 15.5 Å². The van der Waals surface area contributed by atoms with Gasteiger partial charge in [-0.1, -0.05) is 29.3 Å². The highest BCUT2D eigenvalue weighted by Gasteiger charge is 2.27. The first-order valence-electron chi connectivity index (χ1n) is 8.15. The highest BCUT2D eigenvalue weighted by molar-refractivity contribution is 6.36. The molecule has 2 heterocycles. The fourth-order valence-electron chi connectivity index (χ4n) is 2.86. The molecule has 0 aliphatic rings. The van der Waals surface area contributed by atoms with E-state index in [1.54, 1.807) is 36.7 Å². The van der Waals surface area contributed by atoms with E-state index in [-0.39, 0.29) is 11.4 Å². The molecule has 3 aromatic rings. The van der Waals surface area contributed by atoms with E-state index in [1.807, 2.05) is 0 Å². The molecule has 11 heteroatoms. The van der Waals surface area contributed by atoms with E-state index >= 15 is 0 Å². The second-order valence-electron chi connectivity index (χ2n) is 6.12. The quantitative estimate of drug-likeness (QED) is 0.497. The minimum absolute atomic E-state index is 0.148. The van der Waals surface area contributed by atoms with Crippen LogP contribution in [-0.4, -0.2) is 30.4 Å². The van der Waals surface area contributed by atoms with Gasteiger partial charge in [0.05, 0.1) is 28.5 Å². The summed E-state index contributed by atoms with van der Waals surface area (Å²) in [5.74, 6) is -0.645. The lowest BCUT2D eigenvalue weighted by Crippen LogP contribution is -2.18. The maximum absolute atomic E-state index is 12.6. The third kappa shape index (κ3) is 3.58. The van der Waals surface area contributed by atoms with Gasteiger partial charge in [-0.05, 0) is 26.0 Å². The van der Waals surface area contributed by atoms with Gasteiger partial charge in [0, 0.05) is 22.7 Å². The molecule has 2 aromatic heterocycles. The van der Waals surface area contributed by atoms with Crippen molar-refractivity contribution in [3.05, 3.63) is 67.2 Å². The van der Waals surface area contributed by atoms with Crippen molar-refractivity contribution in [2.75, 3.05) is 5.32 Å². The molecular formula is C17H16Cl2N6O3. The van der Waals surface area contributed by atoms with Crippen LogP contribution in [0.15, 0.2) is 24.4 Å². The summed E-state index contributed by atoms with van der Waals surface area (Å²) in [7, 11) is 1.46. The van der Waals surface area contributed by atoms with Crippen molar-refractivity contribution in [1.82, 2.24) is 19.6 Å². The molecule has 0 radical (unpaired) electrons. The third-order valence-corrected chi connectivity index (χ3v) is 5.03. The zero-order chi connectivity index (χ0) is 20.6. The van der Waals surface area contributed by atoms with Gasteiger partial charge in [-0.3, -0.25) is 24.3 Å². The maximum atomic E-state index is 12.6. The Morgan fingerprint density at radius 3 is 2.54 bits per heavy atom.